The molecule has 2 aromatic carbocycles. The highest BCUT2D eigenvalue weighted by molar-refractivity contribution is 6.03. The molecule has 1 amide bonds. The molecular weight excluding hydrogens is 602 g/mol. The van der Waals surface area contributed by atoms with E-state index < -0.39 is 11.6 Å². The molecule has 250 valence electrons. The van der Waals surface area contributed by atoms with E-state index >= 15 is 0 Å². The van der Waals surface area contributed by atoms with Crippen molar-refractivity contribution in [3.05, 3.63) is 70.4 Å². The molecule has 2 fully saturated rings. The number of carbonyl (C=O) groups is 2. The van der Waals surface area contributed by atoms with Crippen molar-refractivity contribution < 1.29 is 23.1 Å². The molecule has 11 heteroatoms. The lowest BCUT2D eigenvalue weighted by atomic mass is 9.89. The van der Waals surface area contributed by atoms with Gasteiger partial charge in [0.15, 0.2) is 24.5 Å². The third-order valence-electron chi connectivity index (χ3n) is 9.19. The number of aldehydes is 1. The van der Waals surface area contributed by atoms with Gasteiger partial charge in [0.2, 0.25) is 0 Å². The molecule has 4 N–H and O–H groups in total. The van der Waals surface area contributed by atoms with Crippen LogP contribution in [0.5, 0.6) is 5.75 Å². The second-order valence-electron chi connectivity index (χ2n) is 12.7. The van der Waals surface area contributed by atoms with Crippen molar-refractivity contribution in [2.24, 2.45) is 11.7 Å². The van der Waals surface area contributed by atoms with E-state index in [-0.39, 0.29) is 31.0 Å². The standard InChI is InChI=1S/C35H39F2N5O3.CH5N/c1-21(2)14-30-27(19-43)34(26(17-38)35(40-30)39-24-10-12-41(13-11-24)25-4-3-5-25)23-7-9-31-32(16-23)45-20-33(44)42(31)18-22-6-8-28(36)29(37)15-22;1-2/h6-9,15-17,19,21,24-25,38H,3-5,10-14,18,20H2,1-2H3,(H,39,40);2H2,1H3. The Bertz CT molecular complexity index is 1620. The molecule has 3 heterocycles. The number of amides is 1. The lowest BCUT2D eigenvalue weighted by molar-refractivity contribution is -0.121. The first-order valence-electron chi connectivity index (χ1n) is 16.4. The first-order chi connectivity index (χ1) is 22.7. The van der Waals surface area contributed by atoms with Crippen LogP contribution in [0.1, 0.15) is 73.1 Å². The predicted octanol–water partition coefficient (Wildman–Crippen LogP) is 5.96. The second-order valence-corrected chi connectivity index (χ2v) is 12.7. The third-order valence-corrected chi connectivity index (χ3v) is 9.19. The summed E-state index contributed by atoms with van der Waals surface area (Å²) in [6.07, 6.45) is 8.50. The molecule has 3 aromatic rings. The number of carbonyl (C=O) groups excluding carboxylic acids is 2. The van der Waals surface area contributed by atoms with Gasteiger partial charge >= 0.3 is 0 Å². The fourth-order valence-corrected chi connectivity index (χ4v) is 6.60. The lowest BCUT2D eigenvalue weighted by Crippen LogP contribution is -2.47. The number of pyridine rings is 1. The number of benzene rings is 2. The van der Waals surface area contributed by atoms with Gasteiger partial charge in [-0.1, -0.05) is 32.4 Å². The smallest absolute Gasteiger partial charge is 0.265 e. The van der Waals surface area contributed by atoms with Gasteiger partial charge in [0.1, 0.15) is 11.6 Å². The van der Waals surface area contributed by atoms with Crippen molar-refractivity contribution in [1.29, 1.82) is 5.41 Å². The maximum atomic E-state index is 13.9. The van der Waals surface area contributed by atoms with Crippen LogP contribution in [0.4, 0.5) is 20.3 Å². The highest BCUT2D eigenvalue weighted by Gasteiger charge is 2.31. The molecule has 0 bridgehead atoms. The normalized spacial score (nSPS) is 16.9. The fraction of sp³-hybridized carbons (Fsp3) is 0.444. The number of halogens is 2. The Morgan fingerprint density at radius 3 is 2.43 bits per heavy atom. The predicted molar refractivity (Wildman–Crippen MR) is 180 cm³/mol. The number of anilines is 2. The van der Waals surface area contributed by atoms with Gasteiger partial charge in [-0.25, -0.2) is 13.8 Å². The van der Waals surface area contributed by atoms with Gasteiger partial charge in [-0.3, -0.25) is 9.59 Å². The molecule has 2 aliphatic heterocycles. The average molecular weight is 647 g/mol. The second kappa shape index (κ2) is 15.1. The van der Waals surface area contributed by atoms with E-state index in [0.717, 1.165) is 44.4 Å². The highest BCUT2D eigenvalue weighted by Crippen LogP contribution is 2.40. The van der Waals surface area contributed by atoms with Crippen molar-refractivity contribution in [2.45, 2.75) is 71.0 Å². The molecule has 3 aliphatic rings. The first-order valence-corrected chi connectivity index (χ1v) is 16.4. The van der Waals surface area contributed by atoms with Crippen molar-refractivity contribution in [3.63, 3.8) is 0 Å². The Morgan fingerprint density at radius 2 is 1.81 bits per heavy atom. The van der Waals surface area contributed by atoms with Gasteiger partial charge in [0, 0.05) is 48.1 Å². The Hall–Kier alpha value is -4.22. The van der Waals surface area contributed by atoms with Crippen molar-refractivity contribution in [3.8, 4) is 16.9 Å². The van der Waals surface area contributed by atoms with Crippen LogP contribution in [0.15, 0.2) is 36.4 Å². The topological polar surface area (TPSA) is 125 Å². The third kappa shape index (κ3) is 7.36. The molecule has 1 saturated carbocycles. The zero-order valence-corrected chi connectivity index (χ0v) is 27.3. The molecule has 1 aromatic heterocycles. The summed E-state index contributed by atoms with van der Waals surface area (Å²) in [7, 11) is 1.50. The largest absolute Gasteiger partial charge is 0.482 e. The van der Waals surface area contributed by atoms with Crippen LogP contribution in [0.25, 0.3) is 11.1 Å². The SMILES string of the molecule is CC(C)Cc1nc(NC2CCN(C3CCC3)CC2)c(C=N)c(-c2ccc3c(c2)OCC(=O)N3Cc2ccc(F)c(F)c2)c1C=O.CN. The number of rotatable bonds is 10. The Labute approximate surface area is 275 Å². The zero-order valence-electron chi connectivity index (χ0n) is 27.3. The van der Waals surface area contributed by atoms with Gasteiger partial charge < -0.3 is 31.0 Å². The molecular formula is C36H44F2N6O3. The number of ether oxygens (including phenoxy) is 1. The van der Waals surface area contributed by atoms with Gasteiger partial charge in [-0.2, -0.15) is 0 Å². The van der Waals surface area contributed by atoms with Crippen LogP contribution in [0.2, 0.25) is 0 Å². The van der Waals surface area contributed by atoms with Crippen molar-refractivity contribution in [2.75, 3.05) is 37.0 Å². The molecule has 47 heavy (non-hydrogen) atoms. The summed E-state index contributed by atoms with van der Waals surface area (Å²) in [6, 6.07) is 9.79. The van der Waals surface area contributed by atoms with Crippen LogP contribution < -0.4 is 20.7 Å². The number of nitrogens with two attached hydrogens (primary N) is 1. The minimum absolute atomic E-state index is 0.0402. The number of hydrogen-bond donors (Lipinski definition) is 3. The average Bonchev–Trinajstić information content (AvgIpc) is 3.04. The Kier molecular flexibility index (Phi) is 11.0. The van der Waals surface area contributed by atoms with E-state index in [4.69, 9.17) is 15.1 Å². The van der Waals surface area contributed by atoms with E-state index in [1.807, 2.05) is 0 Å². The summed E-state index contributed by atoms with van der Waals surface area (Å²) in [5.41, 5.74) is 8.30. The number of nitrogens with one attached hydrogen (secondary N) is 2. The number of aromatic nitrogens is 1. The van der Waals surface area contributed by atoms with E-state index in [1.165, 1.54) is 43.5 Å². The monoisotopic (exact) mass is 646 g/mol. The van der Waals surface area contributed by atoms with Crippen LogP contribution in [0, 0.1) is 23.0 Å². The summed E-state index contributed by atoms with van der Waals surface area (Å²) in [5.74, 6) is -0.984. The number of piperidine rings is 1. The minimum Gasteiger partial charge on any atom is -0.482 e. The number of hydrogen-bond acceptors (Lipinski definition) is 8. The van der Waals surface area contributed by atoms with Gasteiger partial charge in [-0.15, -0.1) is 0 Å². The molecule has 0 atom stereocenters. The van der Waals surface area contributed by atoms with Crippen molar-refractivity contribution >= 4 is 29.9 Å². The summed E-state index contributed by atoms with van der Waals surface area (Å²) in [6.45, 7) is 6.03. The van der Waals surface area contributed by atoms with Crippen molar-refractivity contribution in [1.82, 2.24) is 9.88 Å². The van der Waals surface area contributed by atoms with E-state index in [0.29, 0.717) is 63.2 Å². The molecule has 0 spiro atoms. The van der Waals surface area contributed by atoms with Crippen LogP contribution in [-0.4, -0.2) is 67.1 Å². The first kappa shape index (κ1) is 34.1. The molecule has 1 saturated heterocycles. The lowest BCUT2D eigenvalue weighted by Gasteiger charge is -2.42. The molecule has 0 radical (unpaired) electrons. The quantitative estimate of drug-likeness (QED) is 0.183. The summed E-state index contributed by atoms with van der Waals surface area (Å²) in [4.78, 5) is 34.5. The molecule has 1 aliphatic carbocycles. The van der Waals surface area contributed by atoms with Crippen LogP contribution in [-0.2, 0) is 17.8 Å². The number of fused-ring (bicyclic) bond motifs is 1. The number of nitrogens with zero attached hydrogens (tertiary/aromatic N) is 3. The van der Waals surface area contributed by atoms with E-state index in [2.05, 4.69) is 29.8 Å². The van der Waals surface area contributed by atoms with E-state index in [9.17, 15) is 18.4 Å². The summed E-state index contributed by atoms with van der Waals surface area (Å²) >= 11 is 0. The molecule has 6 rings (SSSR count). The van der Waals surface area contributed by atoms with Gasteiger partial charge in [0.05, 0.1) is 17.9 Å². The Morgan fingerprint density at radius 1 is 1.06 bits per heavy atom. The maximum Gasteiger partial charge on any atom is 0.265 e. The minimum atomic E-state index is -0.979. The van der Waals surface area contributed by atoms with Crippen LogP contribution >= 0.6 is 0 Å². The summed E-state index contributed by atoms with van der Waals surface area (Å²) in [5, 5.41) is 12.1. The Balaban J connectivity index is 0.00000213. The fourth-order valence-electron chi connectivity index (χ4n) is 6.60. The highest BCUT2D eigenvalue weighted by atomic mass is 19.2. The van der Waals surface area contributed by atoms with Crippen LogP contribution in [0.3, 0.4) is 0 Å². The molecule has 9 nitrogen and oxygen atoms in total. The van der Waals surface area contributed by atoms with Gasteiger partial charge in [-0.05, 0) is 80.5 Å². The van der Waals surface area contributed by atoms with E-state index in [1.54, 1.807) is 18.2 Å². The van der Waals surface area contributed by atoms with Gasteiger partial charge in [0.25, 0.3) is 5.91 Å². The maximum absolute atomic E-state index is 13.9. The molecule has 0 unspecified atom stereocenters. The zero-order chi connectivity index (χ0) is 33.7. The summed E-state index contributed by atoms with van der Waals surface area (Å²) < 4.78 is 33.3. The number of likely N-dealkylation sites (tertiary alicyclic amines) is 1.